The summed E-state index contributed by atoms with van der Waals surface area (Å²) in [5, 5.41) is 0. The van der Waals surface area contributed by atoms with Crippen LogP contribution in [0, 0.1) is 12.3 Å². The monoisotopic (exact) mass is 326 g/mol. The Kier molecular flexibility index (Phi) is 6.43. The Morgan fingerprint density at radius 2 is 1.79 bits per heavy atom. The summed E-state index contributed by atoms with van der Waals surface area (Å²) in [5.74, 6) is 2.46. The number of carbonyl (C=O) groups is 2. The smallest absolute Gasteiger partial charge is 0.254 e. The molecule has 2 rings (SSSR count). The van der Waals surface area contributed by atoms with Crippen LogP contribution in [0.2, 0.25) is 0 Å². The molecule has 0 bridgehead atoms. The average molecular weight is 326 g/mol. The highest BCUT2D eigenvalue weighted by molar-refractivity contribution is 5.99. The van der Waals surface area contributed by atoms with E-state index in [0.29, 0.717) is 24.2 Å². The van der Waals surface area contributed by atoms with E-state index in [4.69, 9.17) is 6.42 Å². The highest BCUT2D eigenvalue weighted by atomic mass is 16.2. The molecule has 0 aromatic heterocycles. The second-order valence-electron chi connectivity index (χ2n) is 6.33. The second kappa shape index (κ2) is 8.54. The molecule has 1 fully saturated rings. The molecule has 0 spiro atoms. The Balaban J connectivity index is 2.23. The van der Waals surface area contributed by atoms with E-state index in [1.807, 2.05) is 6.92 Å². The van der Waals surface area contributed by atoms with Crippen molar-refractivity contribution in [3.63, 3.8) is 0 Å². The number of benzene rings is 1. The van der Waals surface area contributed by atoms with Crippen LogP contribution in [0.15, 0.2) is 24.3 Å². The van der Waals surface area contributed by atoms with Crippen molar-refractivity contribution in [2.24, 2.45) is 0 Å². The molecule has 1 aliphatic rings. The molecule has 2 amide bonds. The maximum Gasteiger partial charge on any atom is 0.254 e. The van der Waals surface area contributed by atoms with E-state index in [-0.39, 0.29) is 17.9 Å². The van der Waals surface area contributed by atoms with Crippen molar-refractivity contribution in [1.29, 1.82) is 0 Å². The molecular weight excluding hydrogens is 300 g/mol. The van der Waals surface area contributed by atoms with Crippen molar-refractivity contribution in [2.75, 3.05) is 20.1 Å². The molecule has 0 radical (unpaired) electrons. The summed E-state index contributed by atoms with van der Waals surface area (Å²) in [4.78, 5) is 28.7. The highest BCUT2D eigenvalue weighted by Crippen LogP contribution is 2.24. The Bertz CT molecular complexity index is 627. The average Bonchev–Trinajstić information content (AvgIpc) is 2.65. The van der Waals surface area contributed by atoms with Gasteiger partial charge in [0.2, 0.25) is 0 Å². The number of hydrogen-bond donors (Lipinski definition) is 0. The van der Waals surface area contributed by atoms with Gasteiger partial charge in [0.25, 0.3) is 11.8 Å². The van der Waals surface area contributed by atoms with Crippen molar-refractivity contribution in [3.05, 3.63) is 35.4 Å². The molecular formula is C20H26N2O2. The number of rotatable bonds is 5. The van der Waals surface area contributed by atoms with Crippen molar-refractivity contribution >= 4 is 11.8 Å². The summed E-state index contributed by atoms with van der Waals surface area (Å²) in [6.07, 6.45) is 11.0. The van der Waals surface area contributed by atoms with Crippen LogP contribution in [0.1, 0.15) is 59.7 Å². The highest BCUT2D eigenvalue weighted by Gasteiger charge is 2.26. The topological polar surface area (TPSA) is 40.6 Å². The van der Waals surface area contributed by atoms with Gasteiger partial charge in [0.1, 0.15) is 0 Å². The zero-order valence-electron chi connectivity index (χ0n) is 14.6. The van der Waals surface area contributed by atoms with Gasteiger partial charge < -0.3 is 9.80 Å². The lowest BCUT2D eigenvalue weighted by Crippen LogP contribution is -2.41. The molecule has 0 atom stereocenters. The summed E-state index contributed by atoms with van der Waals surface area (Å²) >= 11 is 0. The molecule has 0 saturated heterocycles. The molecule has 4 nitrogen and oxygen atoms in total. The number of nitrogens with zero attached hydrogens (tertiary/aromatic N) is 2. The first-order valence-corrected chi connectivity index (χ1v) is 8.68. The van der Waals surface area contributed by atoms with Gasteiger partial charge in [-0.1, -0.05) is 31.2 Å². The number of amides is 2. The first-order valence-electron chi connectivity index (χ1n) is 8.68. The van der Waals surface area contributed by atoms with Crippen LogP contribution >= 0.6 is 0 Å². The fourth-order valence-electron chi connectivity index (χ4n) is 3.17. The van der Waals surface area contributed by atoms with Crippen LogP contribution in [0.25, 0.3) is 0 Å². The van der Waals surface area contributed by atoms with Crippen molar-refractivity contribution in [3.8, 4) is 12.3 Å². The van der Waals surface area contributed by atoms with E-state index < -0.39 is 0 Å². The van der Waals surface area contributed by atoms with E-state index in [9.17, 15) is 9.59 Å². The normalized spacial score (nSPS) is 14.7. The van der Waals surface area contributed by atoms with Crippen LogP contribution in [0.4, 0.5) is 0 Å². The molecule has 1 saturated carbocycles. The summed E-state index contributed by atoms with van der Waals surface area (Å²) in [7, 11) is 1.75. The van der Waals surface area contributed by atoms with Gasteiger partial charge in [0.15, 0.2) is 0 Å². The molecule has 1 aromatic carbocycles. The largest absolute Gasteiger partial charge is 0.342 e. The van der Waals surface area contributed by atoms with Gasteiger partial charge in [-0.2, -0.15) is 0 Å². The maximum atomic E-state index is 13.0. The molecule has 0 unspecified atom stereocenters. The van der Waals surface area contributed by atoms with Crippen LogP contribution in [-0.4, -0.2) is 47.8 Å². The first kappa shape index (κ1) is 18.1. The fraction of sp³-hybridized carbons (Fsp3) is 0.500. The molecule has 1 aliphatic carbocycles. The number of carbonyl (C=O) groups excluding carboxylic acids is 2. The maximum absolute atomic E-state index is 13.0. The molecule has 4 heteroatoms. The Labute approximate surface area is 144 Å². The van der Waals surface area contributed by atoms with Crippen LogP contribution in [0.3, 0.4) is 0 Å². The molecule has 24 heavy (non-hydrogen) atoms. The third kappa shape index (κ3) is 4.17. The Morgan fingerprint density at radius 3 is 2.38 bits per heavy atom. The standard InChI is InChI=1S/C20H26N2O2/c1-4-14-22(18-12-7-6-8-13-18)20(24)17-11-9-10-16(15-17)19(23)21(3)5-2/h1,9-11,15,18H,5-8,12-14H2,2-3H3. The van der Waals surface area contributed by atoms with Gasteiger partial charge >= 0.3 is 0 Å². The summed E-state index contributed by atoms with van der Waals surface area (Å²) in [6.45, 7) is 2.86. The second-order valence-corrected chi connectivity index (χ2v) is 6.33. The quantitative estimate of drug-likeness (QED) is 0.780. The molecule has 0 aliphatic heterocycles. The predicted octanol–water partition coefficient (Wildman–Crippen LogP) is 3.19. The van der Waals surface area contributed by atoms with Crippen molar-refractivity contribution in [1.82, 2.24) is 9.80 Å². The summed E-state index contributed by atoms with van der Waals surface area (Å²) < 4.78 is 0. The van der Waals surface area contributed by atoms with Gasteiger partial charge in [0, 0.05) is 30.8 Å². The SMILES string of the molecule is C#CCN(C(=O)c1cccc(C(=O)N(C)CC)c1)C1CCCCC1. The minimum absolute atomic E-state index is 0.0753. The molecule has 128 valence electrons. The van der Waals surface area contributed by atoms with Crippen LogP contribution < -0.4 is 0 Å². The van der Waals surface area contributed by atoms with E-state index in [1.165, 1.54) is 6.42 Å². The predicted molar refractivity (Wildman–Crippen MR) is 95.8 cm³/mol. The van der Waals surface area contributed by atoms with E-state index >= 15 is 0 Å². The third-order valence-electron chi connectivity index (χ3n) is 4.72. The van der Waals surface area contributed by atoms with Gasteiger partial charge in [-0.15, -0.1) is 6.42 Å². The van der Waals surface area contributed by atoms with Crippen molar-refractivity contribution in [2.45, 2.75) is 45.1 Å². The van der Waals surface area contributed by atoms with E-state index in [0.717, 1.165) is 25.7 Å². The lowest BCUT2D eigenvalue weighted by atomic mass is 9.93. The Hall–Kier alpha value is -2.28. The molecule has 1 aromatic rings. The van der Waals surface area contributed by atoms with E-state index in [2.05, 4.69) is 5.92 Å². The van der Waals surface area contributed by atoms with Crippen LogP contribution in [-0.2, 0) is 0 Å². The lowest BCUT2D eigenvalue weighted by molar-refractivity contribution is 0.0667. The molecule has 0 N–H and O–H groups in total. The minimum Gasteiger partial charge on any atom is -0.342 e. The number of terminal acetylenes is 1. The van der Waals surface area contributed by atoms with Gasteiger partial charge in [0.05, 0.1) is 6.54 Å². The van der Waals surface area contributed by atoms with Gasteiger partial charge in [-0.3, -0.25) is 9.59 Å². The fourth-order valence-corrected chi connectivity index (χ4v) is 3.17. The zero-order valence-corrected chi connectivity index (χ0v) is 14.6. The molecule has 0 heterocycles. The minimum atomic E-state index is -0.0756. The van der Waals surface area contributed by atoms with Gasteiger partial charge in [-0.05, 0) is 38.0 Å². The lowest BCUT2D eigenvalue weighted by Gasteiger charge is -2.33. The van der Waals surface area contributed by atoms with Crippen LogP contribution in [0.5, 0.6) is 0 Å². The Morgan fingerprint density at radius 1 is 1.17 bits per heavy atom. The van der Waals surface area contributed by atoms with Gasteiger partial charge in [-0.25, -0.2) is 0 Å². The summed E-state index contributed by atoms with van der Waals surface area (Å²) in [6, 6.07) is 7.16. The van der Waals surface area contributed by atoms with E-state index in [1.54, 1.807) is 41.1 Å². The zero-order chi connectivity index (χ0) is 17.5. The first-order chi connectivity index (χ1) is 11.6. The third-order valence-corrected chi connectivity index (χ3v) is 4.72. The van der Waals surface area contributed by atoms with Crippen molar-refractivity contribution < 1.29 is 9.59 Å². The summed E-state index contributed by atoms with van der Waals surface area (Å²) in [5.41, 5.74) is 1.07. The number of hydrogen-bond acceptors (Lipinski definition) is 2.